The number of hydrogen-bond acceptors (Lipinski definition) is 3. The van der Waals surface area contributed by atoms with Crippen LogP contribution in [0.5, 0.6) is 0 Å². The van der Waals surface area contributed by atoms with Crippen molar-refractivity contribution >= 4 is 0 Å². The van der Waals surface area contributed by atoms with Gasteiger partial charge in [0.2, 0.25) is 0 Å². The lowest BCUT2D eigenvalue weighted by Crippen LogP contribution is -2.24. The highest BCUT2D eigenvalue weighted by atomic mass is 16.3. The molecule has 3 N–H and O–H groups in total. The SMILES string of the molecule is Cc1cccc([C@H](N)[C@H](C)O)n1. The van der Waals surface area contributed by atoms with Gasteiger partial charge in [0, 0.05) is 5.69 Å². The maximum absolute atomic E-state index is 9.20. The van der Waals surface area contributed by atoms with Crippen LogP contribution in [0.2, 0.25) is 0 Å². The third-order valence-corrected chi connectivity index (χ3v) is 1.77. The van der Waals surface area contributed by atoms with Gasteiger partial charge in [0.05, 0.1) is 17.8 Å². The van der Waals surface area contributed by atoms with Gasteiger partial charge in [-0.25, -0.2) is 0 Å². The van der Waals surface area contributed by atoms with E-state index in [0.29, 0.717) is 0 Å². The van der Waals surface area contributed by atoms with Gasteiger partial charge in [-0.15, -0.1) is 0 Å². The first kappa shape index (κ1) is 9.16. The van der Waals surface area contributed by atoms with Crippen LogP contribution in [0.3, 0.4) is 0 Å². The lowest BCUT2D eigenvalue weighted by atomic mass is 10.1. The van der Waals surface area contributed by atoms with Crippen molar-refractivity contribution in [2.75, 3.05) is 0 Å². The molecule has 1 aromatic rings. The van der Waals surface area contributed by atoms with Crippen molar-refractivity contribution in [1.82, 2.24) is 4.98 Å². The monoisotopic (exact) mass is 166 g/mol. The Morgan fingerprint density at radius 2 is 2.17 bits per heavy atom. The molecule has 1 heterocycles. The van der Waals surface area contributed by atoms with Crippen LogP contribution in [-0.4, -0.2) is 16.2 Å². The third kappa shape index (κ3) is 2.03. The van der Waals surface area contributed by atoms with Gasteiger partial charge in [0.15, 0.2) is 0 Å². The average Bonchev–Trinajstić information content (AvgIpc) is 2.03. The number of rotatable bonds is 2. The fraction of sp³-hybridized carbons (Fsp3) is 0.444. The lowest BCUT2D eigenvalue weighted by Gasteiger charge is -2.13. The molecule has 0 aliphatic heterocycles. The molecule has 0 aliphatic rings. The van der Waals surface area contributed by atoms with Crippen molar-refractivity contribution in [3.8, 4) is 0 Å². The van der Waals surface area contributed by atoms with Crippen LogP contribution in [-0.2, 0) is 0 Å². The highest BCUT2D eigenvalue weighted by Crippen LogP contribution is 2.11. The largest absolute Gasteiger partial charge is 0.391 e. The minimum Gasteiger partial charge on any atom is -0.391 e. The molecule has 66 valence electrons. The number of pyridine rings is 1. The Morgan fingerprint density at radius 1 is 1.50 bits per heavy atom. The van der Waals surface area contributed by atoms with E-state index < -0.39 is 6.10 Å². The molecule has 0 saturated carbocycles. The number of nitrogens with two attached hydrogens (primary N) is 1. The molecule has 0 unspecified atom stereocenters. The predicted molar refractivity (Wildman–Crippen MR) is 47.6 cm³/mol. The molecule has 0 aromatic carbocycles. The average molecular weight is 166 g/mol. The van der Waals surface area contributed by atoms with Gasteiger partial charge in [0.25, 0.3) is 0 Å². The lowest BCUT2D eigenvalue weighted by molar-refractivity contribution is 0.162. The van der Waals surface area contributed by atoms with Crippen molar-refractivity contribution in [3.63, 3.8) is 0 Å². The van der Waals surface area contributed by atoms with E-state index in [1.807, 2.05) is 25.1 Å². The van der Waals surface area contributed by atoms with Gasteiger partial charge in [0.1, 0.15) is 0 Å². The summed E-state index contributed by atoms with van der Waals surface area (Å²) < 4.78 is 0. The van der Waals surface area contributed by atoms with Crippen molar-refractivity contribution in [3.05, 3.63) is 29.6 Å². The Bertz CT molecular complexity index is 260. The van der Waals surface area contributed by atoms with E-state index in [9.17, 15) is 5.11 Å². The summed E-state index contributed by atoms with van der Waals surface area (Å²) in [5, 5.41) is 9.20. The summed E-state index contributed by atoms with van der Waals surface area (Å²) >= 11 is 0. The number of aromatic nitrogens is 1. The van der Waals surface area contributed by atoms with E-state index >= 15 is 0 Å². The fourth-order valence-corrected chi connectivity index (χ4v) is 0.997. The van der Waals surface area contributed by atoms with Crippen LogP contribution in [0, 0.1) is 6.92 Å². The fourth-order valence-electron chi connectivity index (χ4n) is 0.997. The van der Waals surface area contributed by atoms with Gasteiger partial charge >= 0.3 is 0 Å². The molecule has 0 fully saturated rings. The summed E-state index contributed by atoms with van der Waals surface area (Å²) in [6.45, 7) is 3.56. The molecule has 3 heteroatoms. The van der Waals surface area contributed by atoms with Crippen molar-refractivity contribution in [2.45, 2.75) is 26.0 Å². The molecule has 0 radical (unpaired) electrons. The quantitative estimate of drug-likeness (QED) is 0.682. The summed E-state index contributed by atoms with van der Waals surface area (Å²) in [4.78, 5) is 4.21. The second-order valence-corrected chi connectivity index (χ2v) is 2.97. The number of hydrogen-bond donors (Lipinski definition) is 2. The van der Waals surface area contributed by atoms with E-state index in [-0.39, 0.29) is 6.04 Å². The number of aliphatic hydroxyl groups is 1. The first-order chi connectivity index (χ1) is 5.61. The zero-order chi connectivity index (χ0) is 9.14. The van der Waals surface area contributed by atoms with Crippen LogP contribution in [0.1, 0.15) is 24.4 Å². The second-order valence-electron chi connectivity index (χ2n) is 2.97. The number of aliphatic hydroxyl groups excluding tert-OH is 1. The van der Waals surface area contributed by atoms with E-state index in [0.717, 1.165) is 11.4 Å². The first-order valence-corrected chi connectivity index (χ1v) is 3.98. The van der Waals surface area contributed by atoms with Crippen LogP contribution in [0.15, 0.2) is 18.2 Å². The molecule has 0 spiro atoms. The predicted octanol–water partition coefficient (Wildman–Crippen LogP) is 0.771. The van der Waals surface area contributed by atoms with Crippen LogP contribution in [0.4, 0.5) is 0 Å². The molecule has 3 nitrogen and oxygen atoms in total. The van der Waals surface area contributed by atoms with Gasteiger partial charge < -0.3 is 10.8 Å². The van der Waals surface area contributed by atoms with Gasteiger partial charge in [-0.2, -0.15) is 0 Å². The van der Waals surface area contributed by atoms with Crippen molar-refractivity contribution in [1.29, 1.82) is 0 Å². The summed E-state index contributed by atoms with van der Waals surface area (Å²) in [6.07, 6.45) is -0.556. The van der Waals surface area contributed by atoms with Gasteiger partial charge in [-0.1, -0.05) is 6.07 Å². The number of nitrogens with zero attached hydrogens (tertiary/aromatic N) is 1. The van der Waals surface area contributed by atoms with Crippen LogP contribution >= 0.6 is 0 Å². The molecule has 1 aromatic heterocycles. The molecular formula is C9H14N2O. The summed E-state index contributed by atoms with van der Waals surface area (Å²) in [7, 11) is 0. The highest BCUT2D eigenvalue weighted by Gasteiger charge is 2.12. The Hall–Kier alpha value is -0.930. The summed E-state index contributed by atoms with van der Waals surface area (Å²) in [5.41, 5.74) is 7.35. The van der Waals surface area contributed by atoms with E-state index in [1.54, 1.807) is 6.92 Å². The minimum absolute atomic E-state index is 0.384. The molecule has 1 rings (SSSR count). The van der Waals surface area contributed by atoms with Gasteiger partial charge in [-0.05, 0) is 26.0 Å². The molecule has 2 atom stereocenters. The maximum atomic E-state index is 9.20. The Labute approximate surface area is 72.2 Å². The van der Waals surface area contributed by atoms with Crippen molar-refractivity contribution < 1.29 is 5.11 Å². The third-order valence-electron chi connectivity index (χ3n) is 1.77. The normalized spacial score (nSPS) is 15.7. The Morgan fingerprint density at radius 3 is 2.67 bits per heavy atom. The summed E-state index contributed by atoms with van der Waals surface area (Å²) in [6, 6.07) is 5.23. The van der Waals surface area contributed by atoms with Crippen LogP contribution in [0.25, 0.3) is 0 Å². The van der Waals surface area contributed by atoms with E-state index in [1.165, 1.54) is 0 Å². The van der Waals surface area contributed by atoms with Crippen LogP contribution < -0.4 is 5.73 Å². The van der Waals surface area contributed by atoms with E-state index in [2.05, 4.69) is 4.98 Å². The molecule has 0 aliphatic carbocycles. The first-order valence-electron chi connectivity index (χ1n) is 3.98. The molecule has 0 bridgehead atoms. The Balaban J connectivity index is 2.88. The molecule has 12 heavy (non-hydrogen) atoms. The zero-order valence-electron chi connectivity index (χ0n) is 7.36. The molecule has 0 amide bonds. The standard InChI is InChI=1S/C9H14N2O/c1-6-4-3-5-8(11-6)9(10)7(2)12/h3-5,7,9,12H,10H2,1-2H3/t7-,9+/m0/s1. The maximum Gasteiger partial charge on any atom is 0.0731 e. The smallest absolute Gasteiger partial charge is 0.0731 e. The Kier molecular flexibility index (Phi) is 2.78. The zero-order valence-corrected chi connectivity index (χ0v) is 7.36. The molecular weight excluding hydrogens is 152 g/mol. The van der Waals surface area contributed by atoms with Crippen molar-refractivity contribution in [2.24, 2.45) is 5.73 Å². The second kappa shape index (κ2) is 3.65. The number of aryl methyl sites for hydroxylation is 1. The molecule has 0 saturated heterocycles. The highest BCUT2D eigenvalue weighted by molar-refractivity contribution is 5.13. The van der Waals surface area contributed by atoms with Gasteiger partial charge in [-0.3, -0.25) is 4.98 Å². The van der Waals surface area contributed by atoms with E-state index in [4.69, 9.17) is 5.73 Å². The minimum atomic E-state index is -0.556. The summed E-state index contributed by atoms with van der Waals surface area (Å²) in [5.74, 6) is 0. The topological polar surface area (TPSA) is 59.1 Å².